The van der Waals surface area contributed by atoms with Gasteiger partial charge in [0.15, 0.2) is 11.6 Å². The Morgan fingerprint density at radius 3 is 2.15 bits per heavy atom. The molecule has 0 saturated heterocycles. The number of carboxylic acid groups (broad SMARTS) is 1. The fourth-order valence-corrected chi connectivity index (χ4v) is 4.78. The smallest absolute Gasteiger partial charge is 0.320 e. The van der Waals surface area contributed by atoms with Gasteiger partial charge in [-0.2, -0.15) is 0 Å². The topological polar surface area (TPSA) is 156 Å². The molecule has 2 saturated carbocycles. The van der Waals surface area contributed by atoms with Gasteiger partial charge < -0.3 is 30.5 Å². The van der Waals surface area contributed by atoms with Crippen LogP contribution in [-0.2, 0) is 23.9 Å². The van der Waals surface area contributed by atoms with Crippen molar-refractivity contribution in [3.63, 3.8) is 0 Å². The predicted octanol–water partition coefficient (Wildman–Crippen LogP) is 1.01. The van der Waals surface area contributed by atoms with E-state index in [0.29, 0.717) is 25.7 Å². The molecule has 0 aromatic heterocycles. The third-order valence-electron chi connectivity index (χ3n) is 6.79. The minimum Gasteiger partial charge on any atom is -0.480 e. The van der Waals surface area contributed by atoms with Crippen LogP contribution >= 0.6 is 0 Å². The molecule has 2 aliphatic carbocycles. The summed E-state index contributed by atoms with van der Waals surface area (Å²) in [5, 5.41) is 29.2. The lowest BCUT2D eigenvalue weighted by molar-refractivity contribution is -0.139. The third-order valence-corrected chi connectivity index (χ3v) is 6.79. The molecule has 5 N–H and O–H groups in total. The SMILES string of the molecule is COC1CC(/C=C/C(=O)CC(=O)/C=C/C2CC(OC)C(O)CC2C[C@H](N)C(=O)O)CCC1O. The van der Waals surface area contributed by atoms with Gasteiger partial charge in [0.1, 0.15) is 6.04 Å². The van der Waals surface area contributed by atoms with E-state index in [9.17, 15) is 24.6 Å². The Hall–Kier alpha value is -1.91. The summed E-state index contributed by atoms with van der Waals surface area (Å²) >= 11 is 0. The van der Waals surface area contributed by atoms with Crippen molar-refractivity contribution in [2.24, 2.45) is 23.5 Å². The van der Waals surface area contributed by atoms with Crippen LogP contribution in [0.3, 0.4) is 0 Å². The fourth-order valence-electron chi connectivity index (χ4n) is 4.78. The highest BCUT2D eigenvalue weighted by Gasteiger charge is 2.37. The van der Waals surface area contributed by atoms with E-state index in [-0.39, 0.29) is 48.3 Å². The number of nitrogens with two attached hydrogens (primary N) is 1. The number of hydrogen-bond donors (Lipinski definition) is 4. The van der Waals surface area contributed by atoms with Crippen molar-refractivity contribution < 1.29 is 39.2 Å². The molecule has 186 valence electrons. The molecule has 33 heavy (non-hydrogen) atoms. The largest absolute Gasteiger partial charge is 0.480 e. The molecule has 0 bridgehead atoms. The van der Waals surface area contributed by atoms with Gasteiger partial charge in [-0.1, -0.05) is 12.2 Å². The van der Waals surface area contributed by atoms with E-state index in [0.717, 1.165) is 6.42 Å². The number of methoxy groups -OCH3 is 2. The van der Waals surface area contributed by atoms with Crippen molar-refractivity contribution in [1.29, 1.82) is 0 Å². The Bertz CT molecular complexity index is 736. The maximum absolute atomic E-state index is 12.3. The maximum Gasteiger partial charge on any atom is 0.320 e. The van der Waals surface area contributed by atoms with E-state index in [2.05, 4.69) is 0 Å². The molecular weight excluding hydrogens is 430 g/mol. The minimum atomic E-state index is -1.11. The Kier molecular flexibility index (Phi) is 10.9. The summed E-state index contributed by atoms with van der Waals surface area (Å²) in [7, 11) is 3.05. The standard InChI is InChI=1S/C24H37NO8/c1-32-22-9-14(4-8-20(22)28)3-6-17(26)13-18(27)7-5-15-12-23(33-2)21(29)11-16(15)10-19(25)24(30)31/h3,5-7,14-16,19-23,28-29H,4,8-13,25H2,1-2H3,(H,30,31)/b6-3+,7-5+/t14?,15?,16?,19-,20?,21?,22?,23?/m0/s1. The van der Waals surface area contributed by atoms with Gasteiger partial charge in [-0.15, -0.1) is 0 Å². The lowest BCUT2D eigenvalue weighted by atomic mass is 9.73. The first-order chi connectivity index (χ1) is 15.6. The number of hydrogen-bond acceptors (Lipinski definition) is 8. The molecule has 0 aliphatic heterocycles. The first kappa shape index (κ1) is 27.3. The molecule has 0 heterocycles. The Morgan fingerprint density at radius 2 is 1.55 bits per heavy atom. The summed E-state index contributed by atoms with van der Waals surface area (Å²) in [4.78, 5) is 35.7. The normalized spacial score (nSPS) is 33.9. The van der Waals surface area contributed by atoms with E-state index in [4.69, 9.17) is 20.3 Å². The predicted molar refractivity (Wildman–Crippen MR) is 120 cm³/mol. The summed E-state index contributed by atoms with van der Waals surface area (Å²) in [6.07, 6.45) is 7.02. The van der Waals surface area contributed by atoms with E-state index in [1.54, 1.807) is 19.3 Å². The number of carbonyl (C=O) groups is 3. The molecule has 2 fully saturated rings. The number of ketones is 2. The number of aliphatic carboxylic acids is 1. The number of allylic oxidation sites excluding steroid dienone is 4. The monoisotopic (exact) mass is 467 g/mol. The zero-order valence-corrected chi connectivity index (χ0v) is 19.3. The van der Waals surface area contributed by atoms with Crippen molar-refractivity contribution in [3.8, 4) is 0 Å². The lowest BCUT2D eigenvalue weighted by Gasteiger charge is -2.38. The van der Waals surface area contributed by atoms with Gasteiger partial charge in [0.05, 0.1) is 30.8 Å². The number of aliphatic hydroxyl groups excluding tert-OH is 2. The summed E-state index contributed by atoms with van der Waals surface area (Å²) in [6.45, 7) is 0. The fraction of sp³-hybridized carbons (Fsp3) is 0.708. The van der Waals surface area contributed by atoms with Crippen LogP contribution in [0.15, 0.2) is 24.3 Å². The first-order valence-electron chi connectivity index (χ1n) is 11.5. The molecule has 9 nitrogen and oxygen atoms in total. The van der Waals surface area contributed by atoms with Crippen molar-refractivity contribution in [2.75, 3.05) is 14.2 Å². The zero-order valence-electron chi connectivity index (χ0n) is 19.3. The first-order valence-corrected chi connectivity index (χ1v) is 11.5. The minimum absolute atomic E-state index is 0.117. The summed E-state index contributed by atoms with van der Waals surface area (Å²) in [6, 6.07) is -1.06. The van der Waals surface area contributed by atoms with Gasteiger partial charge >= 0.3 is 5.97 Å². The van der Waals surface area contributed by atoms with Gasteiger partial charge in [0.2, 0.25) is 0 Å². The molecule has 0 spiro atoms. The van der Waals surface area contributed by atoms with Crippen molar-refractivity contribution in [3.05, 3.63) is 24.3 Å². The maximum atomic E-state index is 12.3. The molecule has 2 rings (SSSR count). The van der Waals surface area contributed by atoms with Crippen LogP contribution in [0.2, 0.25) is 0 Å². The van der Waals surface area contributed by atoms with Crippen molar-refractivity contribution in [1.82, 2.24) is 0 Å². The van der Waals surface area contributed by atoms with Crippen LogP contribution in [0.5, 0.6) is 0 Å². The summed E-state index contributed by atoms with van der Waals surface area (Å²) in [5.41, 5.74) is 5.69. The quantitative estimate of drug-likeness (QED) is 0.257. The third kappa shape index (κ3) is 8.42. The average Bonchev–Trinajstić information content (AvgIpc) is 2.77. The van der Waals surface area contributed by atoms with Crippen LogP contribution in [0.4, 0.5) is 0 Å². The molecule has 7 unspecified atom stereocenters. The van der Waals surface area contributed by atoms with Gasteiger partial charge in [-0.25, -0.2) is 0 Å². The molecule has 0 aromatic carbocycles. The highest BCUT2D eigenvalue weighted by molar-refractivity contribution is 6.08. The van der Waals surface area contributed by atoms with Crippen molar-refractivity contribution in [2.45, 2.75) is 75.4 Å². The molecule has 0 radical (unpaired) electrons. The average molecular weight is 468 g/mol. The number of ether oxygens (including phenoxy) is 2. The number of carbonyl (C=O) groups excluding carboxylic acids is 2. The van der Waals surface area contributed by atoms with Crippen LogP contribution in [0.1, 0.15) is 44.9 Å². The zero-order chi connectivity index (χ0) is 24.5. The highest BCUT2D eigenvalue weighted by Crippen LogP contribution is 2.35. The van der Waals surface area contributed by atoms with E-state index in [1.807, 2.05) is 0 Å². The molecular formula is C24H37NO8. The Morgan fingerprint density at radius 1 is 0.939 bits per heavy atom. The van der Waals surface area contributed by atoms with Crippen molar-refractivity contribution >= 4 is 17.5 Å². The van der Waals surface area contributed by atoms with Crippen LogP contribution in [0.25, 0.3) is 0 Å². The van der Waals surface area contributed by atoms with Gasteiger partial charge in [0.25, 0.3) is 0 Å². The second-order valence-electron chi connectivity index (χ2n) is 9.16. The number of rotatable bonds is 11. The molecule has 0 aromatic rings. The molecule has 0 amide bonds. The molecule has 9 heteroatoms. The van der Waals surface area contributed by atoms with Crippen LogP contribution < -0.4 is 5.73 Å². The van der Waals surface area contributed by atoms with E-state index in [1.165, 1.54) is 19.3 Å². The summed E-state index contributed by atoms with van der Waals surface area (Å²) < 4.78 is 10.6. The summed E-state index contributed by atoms with van der Waals surface area (Å²) in [5.74, 6) is -2.06. The second-order valence-corrected chi connectivity index (χ2v) is 9.16. The van der Waals surface area contributed by atoms with E-state index >= 15 is 0 Å². The van der Waals surface area contributed by atoms with E-state index < -0.39 is 30.3 Å². The molecule has 2 aliphatic rings. The van der Waals surface area contributed by atoms with Gasteiger partial charge in [0, 0.05) is 14.2 Å². The van der Waals surface area contributed by atoms with Crippen LogP contribution in [-0.4, -0.2) is 77.5 Å². The lowest BCUT2D eigenvalue weighted by Crippen LogP contribution is -2.43. The second kappa shape index (κ2) is 13.1. The highest BCUT2D eigenvalue weighted by atomic mass is 16.5. The Balaban J connectivity index is 1.92. The van der Waals surface area contributed by atoms with Crippen LogP contribution in [0, 0.1) is 17.8 Å². The number of aliphatic hydroxyl groups is 2. The Labute approximate surface area is 194 Å². The van der Waals surface area contributed by atoms with Gasteiger partial charge in [-0.3, -0.25) is 14.4 Å². The molecule has 8 atom stereocenters. The number of carboxylic acids is 1. The van der Waals surface area contributed by atoms with Gasteiger partial charge in [-0.05, 0) is 68.4 Å².